The zero-order chi connectivity index (χ0) is 15.6. The molecule has 1 aromatic carbocycles. The minimum Gasteiger partial charge on any atom is -0.392 e. The summed E-state index contributed by atoms with van der Waals surface area (Å²) in [5.74, 6) is -0.437. The first kappa shape index (κ1) is 16.3. The molecule has 0 atom stereocenters. The Hall–Kier alpha value is -1.09. The van der Waals surface area contributed by atoms with E-state index >= 15 is 0 Å². The van der Waals surface area contributed by atoms with Crippen molar-refractivity contribution in [2.45, 2.75) is 11.8 Å². The maximum Gasteiger partial charge on any atom is 0.243 e. The van der Waals surface area contributed by atoms with Crippen molar-refractivity contribution in [2.24, 2.45) is 5.73 Å². The summed E-state index contributed by atoms with van der Waals surface area (Å²) in [5.41, 5.74) is 5.91. The van der Waals surface area contributed by atoms with Crippen molar-refractivity contribution in [2.75, 3.05) is 32.7 Å². The number of thiocarbonyl (C=S) groups is 1. The standard InChI is InChI=1S/C13H18FN3O2S2/c1-10-8-11(14)2-3-12(10)21(18,19)17-6-4-16(5-7-17)9-13(15)20/h2-3,8H,4-7,9H2,1H3,(H2,15,20). The van der Waals surface area contributed by atoms with Crippen LogP contribution in [0, 0.1) is 12.7 Å². The first-order valence-electron chi connectivity index (χ1n) is 6.57. The van der Waals surface area contributed by atoms with Crippen LogP contribution in [0.15, 0.2) is 23.1 Å². The molecule has 1 aromatic rings. The molecule has 0 aromatic heterocycles. The molecule has 1 fully saturated rings. The van der Waals surface area contributed by atoms with Crippen molar-refractivity contribution in [3.63, 3.8) is 0 Å². The second-order valence-corrected chi connectivity index (χ2v) is 7.49. The number of hydrogen-bond donors (Lipinski definition) is 1. The normalized spacial score (nSPS) is 17.8. The molecule has 2 N–H and O–H groups in total. The van der Waals surface area contributed by atoms with Gasteiger partial charge in [0, 0.05) is 32.7 Å². The van der Waals surface area contributed by atoms with E-state index in [1.807, 2.05) is 4.90 Å². The SMILES string of the molecule is Cc1cc(F)ccc1S(=O)(=O)N1CCN(CC(N)=S)CC1. The van der Waals surface area contributed by atoms with E-state index in [1.165, 1.54) is 22.5 Å². The molecule has 1 saturated heterocycles. The smallest absolute Gasteiger partial charge is 0.243 e. The molecular weight excluding hydrogens is 313 g/mol. The Labute approximate surface area is 129 Å². The first-order chi connectivity index (χ1) is 9.80. The summed E-state index contributed by atoms with van der Waals surface area (Å²) >= 11 is 4.85. The van der Waals surface area contributed by atoms with Crippen molar-refractivity contribution in [3.05, 3.63) is 29.6 Å². The summed E-state index contributed by atoms with van der Waals surface area (Å²) in [5, 5.41) is 0. The Morgan fingerprint density at radius 2 is 1.95 bits per heavy atom. The molecule has 0 aliphatic carbocycles. The summed E-state index contributed by atoms with van der Waals surface area (Å²) in [6.07, 6.45) is 0. The van der Waals surface area contributed by atoms with Crippen molar-refractivity contribution in [1.82, 2.24) is 9.21 Å². The van der Waals surface area contributed by atoms with Crippen LogP contribution in [0.2, 0.25) is 0 Å². The van der Waals surface area contributed by atoms with E-state index in [1.54, 1.807) is 6.92 Å². The van der Waals surface area contributed by atoms with Crippen LogP contribution in [0.5, 0.6) is 0 Å². The Morgan fingerprint density at radius 3 is 2.48 bits per heavy atom. The maximum absolute atomic E-state index is 13.1. The third kappa shape index (κ3) is 3.76. The average molecular weight is 331 g/mol. The van der Waals surface area contributed by atoms with Gasteiger partial charge in [-0.25, -0.2) is 12.8 Å². The van der Waals surface area contributed by atoms with Gasteiger partial charge in [-0.1, -0.05) is 12.2 Å². The number of sulfonamides is 1. The third-order valence-electron chi connectivity index (χ3n) is 3.47. The molecule has 2 rings (SSSR count). The predicted molar refractivity (Wildman–Crippen MR) is 83.1 cm³/mol. The molecule has 5 nitrogen and oxygen atoms in total. The Balaban J connectivity index is 2.13. The van der Waals surface area contributed by atoms with Crippen LogP contribution < -0.4 is 5.73 Å². The Kier molecular flexibility index (Phi) is 4.92. The van der Waals surface area contributed by atoms with Crippen molar-refractivity contribution < 1.29 is 12.8 Å². The van der Waals surface area contributed by atoms with Gasteiger partial charge in [-0.3, -0.25) is 4.90 Å². The van der Waals surface area contributed by atoms with Gasteiger partial charge in [-0.15, -0.1) is 0 Å². The minimum absolute atomic E-state index is 0.159. The highest BCUT2D eigenvalue weighted by molar-refractivity contribution is 7.89. The lowest BCUT2D eigenvalue weighted by Crippen LogP contribution is -2.50. The largest absolute Gasteiger partial charge is 0.392 e. The van der Waals surface area contributed by atoms with E-state index in [9.17, 15) is 12.8 Å². The molecular formula is C13H18FN3O2S2. The topological polar surface area (TPSA) is 66.6 Å². The molecule has 0 amide bonds. The van der Waals surface area contributed by atoms with Gasteiger partial charge in [-0.05, 0) is 30.7 Å². The predicted octanol–water partition coefficient (Wildman–Crippen LogP) is 0.727. The molecule has 8 heteroatoms. The van der Waals surface area contributed by atoms with E-state index in [2.05, 4.69) is 0 Å². The lowest BCUT2D eigenvalue weighted by molar-refractivity contribution is 0.209. The van der Waals surface area contributed by atoms with Gasteiger partial charge in [0.15, 0.2) is 0 Å². The number of halogens is 1. The zero-order valence-electron chi connectivity index (χ0n) is 11.8. The molecule has 0 spiro atoms. The highest BCUT2D eigenvalue weighted by Crippen LogP contribution is 2.21. The fourth-order valence-corrected chi connectivity index (χ4v) is 4.20. The first-order valence-corrected chi connectivity index (χ1v) is 8.42. The highest BCUT2D eigenvalue weighted by atomic mass is 32.2. The molecule has 0 radical (unpaired) electrons. The Morgan fingerprint density at radius 1 is 1.33 bits per heavy atom. The van der Waals surface area contributed by atoms with Crippen LogP contribution >= 0.6 is 12.2 Å². The molecule has 21 heavy (non-hydrogen) atoms. The lowest BCUT2D eigenvalue weighted by Gasteiger charge is -2.33. The lowest BCUT2D eigenvalue weighted by atomic mass is 10.2. The van der Waals surface area contributed by atoms with Gasteiger partial charge in [0.05, 0.1) is 9.88 Å². The van der Waals surface area contributed by atoms with Crippen LogP contribution in [0.1, 0.15) is 5.56 Å². The van der Waals surface area contributed by atoms with E-state index in [-0.39, 0.29) is 4.90 Å². The number of nitrogens with zero attached hydrogens (tertiary/aromatic N) is 2. The van der Waals surface area contributed by atoms with Crippen molar-refractivity contribution in [3.8, 4) is 0 Å². The maximum atomic E-state index is 13.1. The third-order valence-corrected chi connectivity index (χ3v) is 5.65. The van der Waals surface area contributed by atoms with Crippen molar-refractivity contribution in [1.29, 1.82) is 0 Å². The van der Waals surface area contributed by atoms with Crippen molar-refractivity contribution >= 4 is 27.2 Å². The van der Waals surface area contributed by atoms with Gasteiger partial charge in [0.25, 0.3) is 0 Å². The van der Waals surface area contributed by atoms with Gasteiger partial charge in [0.1, 0.15) is 5.82 Å². The van der Waals surface area contributed by atoms with Gasteiger partial charge in [-0.2, -0.15) is 4.31 Å². The molecule has 116 valence electrons. The molecule has 1 aliphatic rings. The fraction of sp³-hybridized carbons (Fsp3) is 0.462. The Bertz CT molecular complexity index is 641. The van der Waals surface area contributed by atoms with Crippen LogP contribution in [0.4, 0.5) is 4.39 Å². The van der Waals surface area contributed by atoms with Gasteiger partial charge in [0.2, 0.25) is 10.0 Å². The van der Waals surface area contributed by atoms with E-state index in [4.69, 9.17) is 18.0 Å². The molecule has 0 bridgehead atoms. The monoisotopic (exact) mass is 331 g/mol. The second kappa shape index (κ2) is 6.35. The molecule has 0 unspecified atom stereocenters. The quantitative estimate of drug-likeness (QED) is 0.824. The van der Waals surface area contributed by atoms with Crippen LogP contribution in [0.3, 0.4) is 0 Å². The number of rotatable bonds is 4. The highest BCUT2D eigenvalue weighted by Gasteiger charge is 2.29. The van der Waals surface area contributed by atoms with E-state index in [0.717, 1.165) is 0 Å². The number of nitrogens with two attached hydrogens (primary N) is 1. The minimum atomic E-state index is -3.59. The fourth-order valence-electron chi connectivity index (χ4n) is 2.39. The average Bonchev–Trinajstić information content (AvgIpc) is 2.38. The van der Waals surface area contributed by atoms with Crippen LogP contribution in [-0.4, -0.2) is 55.3 Å². The summed E-state index contributed by atoms with van der Waals surface area (Å²) < 4.78 is 39.7. The van der Waals surface area contributed by atoms with Gasteiger partial charge < -0.3 is 5.73 Å². The number of hydrogen-bond acceptors (Lipinski definition) is 4. The van der Waals surface area contributed by atoms with Crippen LogP contribution in [0.25, 0.3) is 0 Å². The van der Waals surface area contributed by atoms with E-state index in [0.29, 0.717) is 43.3 Å². The summed E-state index contributed by atoms with van der Waals surface area (Å²) in [7, 11) is -3.59. The summed E-state index contributed by atoms with van der Waals surface area (Å²) in [6.45, 7) is 4.01. The molecule has 1 heterocycles. The number of aryl methyl sites for hydroxylation is 1. The second-order valence-electron chi connectivity index (χ2n) is 5.06. The van der Waals surface area contributed by atoms with E-state index < -0.39 is 15.8 Å². The molecule has 1 aliphatic heterocycles. The number of piperazine rings is 1. The zero-order valence-corrected chi connectivity index (χ0v) is 13.4. The van der Waals surface area contributed by atoms with Gasteiger partial charge >= 0.3 is 0 Å². The molecule has 0 saturated carbocycles. The number of benzene rings is 1. The summed E-state index contributed by atoms with van der Waals surface area (Å²) in [6, 6.07) is 3.72. The summed E-state index contributed by atoms with van der Waals surface area (Å²) in [4.78, 5) is 2.58. The van der Waals surface area contributed by atoms with Crippen LogP contribution in [-0.2, 0) is 10.0 Å².